The number of hydrogen-bond donors (Lipinski definition) is 2. The molecule has 1 heterocycles. The fourth-order valence-corrected chi connectivity index (χ4v) is 3.10. The topological polar surface area (TPSA) is 63.5 Å². The minimum absolute atomic E-state index is 0.156. The van der Waals surface area contributed by atoms with Crippen molar-refractivity contribution in [3.8, 4) is 5.75 Å². The van der Waals surface area contributed by atoms with Gasteiger partial charge in [0.15, 0.2) is 0 Å². The van der Waals surface area contributed by atoms with Crippen molar-refractivity contribution in [2.45, 2.75) is 25.6 Å². The molecule has 5 heteroatoms. The van der Waals surface area contributed by atoms with E-state index in [1.165, 1.54) is 16.2 Å². The zero-order chi connectivity index (χ0) is 18.5. The minimum atomic E-state index is -0.924. The Hall–Kier alpha value is -2.63. The predicted molar refractivity (Wildman–Crippen MR) is 104 cm³/mol. The molecule has 2 aromatic carbocycles. The molecule has 26 heavy (non-hydrogen) atoms. The Morgan fingerprint density at radius 3 is 2.54 bits per heavy atom. The number of pyridine rings is 1. The first-order valence-electron chi connectivity index (χ1n) is 8.73. The number of nitrogens with one attached hydrogen (secondary N) is 1. The lowest BCUT2D eigenvalue weighted by atomic mass is 10.1. The number of benzene rings is 2. The maximum atomic E-state index is 12.2. The predicted octanol–water partition coefficient (Wildman–Crippen LogP) is 2.72. The van der Waals surface area contributed by atoms with Gasteiger partial charge >= 0.3 is 0 Å². The Bertz CT molecular complexity index is 918. The van der Waals surface area contributed by atoms with Gasteiger partial charge in [0, 0.05) is 18.7 Å². The number of fused-ring (bicyclic) bond motifs is 1. The van der Waals surface area contributed by atoms with Crippen molar-refractivity contribution in [1.82, 2.24) is 9.88 Å². The Labute approximate surface area is 152 Å². The maximum Gasteiger partial charge on any atom is 0.253 e. The zero-order valence-electron chi connectivity index (χ0n) is 15.1. The molecule has 3 aromatic rings. The van der Waals surface area contributed by atoms with Crippen LogP contribution in [0.1, 0.15) is 18.7 Å². The molecule has 0 saturated heterocycles. The van der Waals surface area contributed by atoms with Crippen molar-refractivity contribution in [1.29, 1.82) is 0 Å². The molecule has 0 fully saturated rings. The molecule has 2 atom stereocenters. The van der Waals surface area contributed by atoms with Gasteiger partial charge in [-0.05, 0) is 48.6 Å². The summed E-state index contributed by atoms with van der Waals surface area (Å²) in [5, 5.41) is 14.8. The van der Waals surface area contributed by atoms with Crippen LogP contribution < -0.4 is 15.6 Å². The zero-order valence-corrected chi connectivity index (χ0v) is 15.1. The second-order valence-corrected chi connectivity index (χ2v) is 6.44. The molecule has 1 aromatic heterocycles. The number of hydrogen-bond acceptors (Lipinski definition) is 4. The second-order valence-electron chi connectivity index (χ2n) is 6.44. The maximum absolute atomic E-state index is 12.2. The van der Waals surface area contributed by atoms with Crippen molar-refractivity contribution in [3.63, 3.8) is 0 Å². The second kappa shape index (κ2) is 8.17. The molecule has 0 aliphatic heterocycles. The van der Waals surface area contributed by atoms with Crippen LogP contribution in [-0.2, 0) is 6.42 Å². The summed E-state index contributed by atoms with van der Waals surface area (Å²) in [7, 11) is 1.65. The summed E-state index contributed by atoms with van der Waals surface area (Å²) in [6.45, 7) is 2.36. The van der Waals surface area contributed by atoms with Gasteiger partial charge in [0.25, 0.3) is 5.56 Å². The highest BCUT2D eigenvalue weighted by Crippen LogP contribution is 2.15. The van der Waals surface area contributed by atoms with Crippen LogP contribution in [0.4, 0.5) is 0 Å². The van der Waals surface area contributed by atoms with E-state index in [4.69, 9.17) is 4.74 Å². The fraction of sp³-hybridized carbons (Fsp3) is 0.286. The summed E-state index contributed by atoms with van der Waals surface area (Å²) in [6, 6.07) is 18.9. The molecular weight excluding hydrogens is 328 g/mol. The third-order valence-corrected chi connectivity index (χ3v) is 4.49. The van der Waals surface area contributed by atoms with Crippen LogP contribution in [-0.4, -0.2) is 29.4 Å². The number of aromatic nitrogens is 1. The lowest BCUT2D eigenvalue weighted by Gasteiger charge is -2.20. The van der Waals surface area contributed by atoms with Gasteiger partial charge in [-0.15, -0.1) is 0 Å². The molecule has 136 valence electrons. The van der Waals surface area contributed by atoms with E-state index in [9.17, 15) is 9.90 Å². The molecule has 0 saturated carbocycles. The van der Waals surface area contributed by atoms with Crippen molar-refractivity contribution in [2.24, 2.45) is 0 Å². The van der Waals surface area contributed by atoms with E-state index in [-0.39, 0.29) is 11.6 Å². The summed E-state index contributed by atoms with van der Waals surface area (Å²) >= 11 is 0. The van der Waals surface area contributed by atoms with E-state index in [0.29, 0.717) is 6.54 Å². The SMILES string of the molecule is COc1ccc(CC(C)NCC(O)n2c(=O)ccc3ccccc32)cc1. The van der Waals surface area contributed by atoms with E-state index in [2.05, 4.69) is 12.2 Å². The highest BCUT2D eigenvalue weighted by molar-refractivity contribution is 5.78. The highest BCUT2D eigenvalue weighted by Gasteiger charge is 2.13. The quantitative estimate of drug-likeness (QED) is 0.686. The van der Waals surface area contributed by atoms with Crippen molar-refractivity contribution in [2.75, 3.05) is 13.7 Å². The molecule has 0 amide bonds. The summed E-state index contributed by atoms with van der Waals surface area (Å²) in [4.78, 5) is 12.2. The van der Waals surface area contributed by atoms with E-state index in [0.717, 1.165) is 23.1 Å². The third kappa shape index (κ3) is 4.12. The molecule has 3 rings (SSSR count). The summed E-state index contributed by atoms with van der Waals surface area (Å²) in [5.41, 5.74) is 1.71. The average molecular weight is 352 g/mol. The standard InChI is InChI=1S/C21H24N2O3/c1-15(13-16-7-10-18(26-2)11-8-16)22-14-21(25)23-19-6-4-3-5-17(19)9-12-20(23)24/h3-12,15,21-22,25H,13-14H2,1-2H3. The Kier molecular flexibility index (Phi) is 5.71. The van der Waals surface area contributed by atoms with Crippen LogP contribution >= 0.6 is 0 Å². The first-order valence-corrected chi connectivity index (χ1v) is 8.73. The monoisotopic (exact) mass is 352 g/mol. The van der Waals surface area contributed by atoms with Gasteiger partial charge in [-0.25, -0.2) is 0 Å². The number of aliphatic hydroxyl groups excluding tert-OH is 1. The minimum Gasteiger partial charge on any atom is -0.497 e. The lowest BCUT2D eigenvalue weighted by Crippen LogP contribution is -2.36. The normalized spacial score (nSPS) is 13.5. The summed E-state index contributed by atoms with van der Waals surface area (Å²) in [6.07, 6.45) is -0.104. The van der Waals surface area contributed by atoms with Gasteiger partial charge in [0.1, 0.15) is 12.0 Å². The number of nitrogens with zero attached hydrogens (tertiary/aromatic N) is 1. The summed E-state index contributed by atoms with van der Waals surface area (Å²) < 4.78 is 6.60. The first kappa shape index (κ1) is 18.2. The average Bonchev–Trinajstić information content (AvgIpc) is 2.66. The van der Waals surface area contributed by atoms with Gasteiger partial charge in [-0.1, -0.05) is 30.3 Å². The van der Waals surface area contributed by atoms with Gasteiger partial charge < -0.3 is 15.2 Å². The van der Waals surface area contributed by atoms with Crippen molar-refractivity contribution >= 4 is 10.9 Å². The fourth-order valence-electron chi connectivity index (χ4n) is 3.10. The Morgan fingerprint density at radius 2 is 1.81 bits per heavy atom. The van der Waals surface area contributed by atoms with Gasteiger partial charge in [0.05, 0.1) is 12.6 Å². The van der Waals surface area contributed by atoms with E-state index in [1.807, 2.05) is 48.5 Å². The number of ether oxygens (including phenoxy) is 1. The molecule has 2 unspecified atom stereocenters. The first-order chi connectivity index (χ1) is 12.6. The number of rotatable bonds is 7. The molecule has 0 bridgehead atoms. The van der Waals surface area contributed by atoms with Crippen LogP contribution in [0.15, 0.2) is 65.5 Å². The lowest BCUT2D eigenvalue weighted by molar-refractivity contribution is 0.101. The molecule has 0 aliphatic rings. The van der Waals surface area contributed by atoms with E-state index >= 15 is 0 Å². The molecule has 5 nitrogen and oxygen atoms in total. The third-order valence-electron chi connectivity index (χ3n) is 4.49. The van der Waals surface area contributed by atoms with Gasteiger partial charge in [-0.2, -0.15) is 0 Å². The number of methoxy groups -OCH3 is 1. The largest absolute Gasteiger partial charge is 0.497 e. The Morgan fingerprint density at radius 1 is 1.08 bits per heavy atom. The highest BCUT2D eigenvalue weighted by atomic mass is 16.5. The molecule has 2 N–H and O–H groups in total. The van der Waals surface area contributed by atoms with Gasteiger partial charge in [0.2, 0.25) is 0 Å². The van der Waals surface area contributed by atoms with Crippen LogP contribution in [0.2, 0.25) is 0 Å². The molecule has 0 radical (unpaired) electrons. The van der Waals surface area contributed by atoms with Crippen molar-refractivity contribution in [3.05, 3.63) is 76.6 Å². The van der Waals surface area contributed by atoms with Crippen LogP contribution in [0.25, 0.3) is 10.9 Å². The van der Waals surface area contributed by atoms with Crippen molar-refractivity contribution < 1.29 is 9.84 Å². The number of aliphatic hydroxyl groups is 1. The number of para-hydroxylation sites is 1. The smallest absolute Gasteiger partial charge is 0.253 e. The van der Waals surface area contributed by atoms with Crippen LogP contribution in [0, 0.1) is 0 Å². The summed E-state index contributed by atoms with van der Waals surface area (Å²) in [5.74, 6) is 0.833. The van der Waals surface area contributed by atoms with Gasteiger partial charge in [-0.3, -0.25) is 9.36 Å². The van der Waals surface area contributed by atoms with Crippen LogP contribution in [0.3, 0.4) is 0 Å². The van der Waals surface area contributed by atoms with Crippen LogP contribution in [0.5, 0.6) is 5.75 Å². The Balaban J connectivity index is 1.66. The van der Waals surface area contributed by atoms with E-state index < -0.39 is 6.23 Å². The molecule has 0 aliphatic carbocycles. The molecular formula is C21H24N2O3. The van der Waals surface area contributed by atoms with E-state index in [1.54, 1.807) is 13.2 Å². The molecule has 0 spiro atoms.